The van der Waals surface area contributed by atoms with Gasteiger partial charge in [-0.2, -0.15) is 0 Å². The van der Waals surface area contributed by atoms with Crippen molar-refractivity contribution in [3.8, 4) is 11.3 Å². The molecule has 0 saturated heterocycles. The molecule has 0 atom stereocenters. The van der Waals surface area contributed by atoms with Gasteiger partial charge in [-0.05, 0) is 40.2 Å². The van der Waals surface area contributed by atoms with Gasteiger partial charge in [-0.1, -0.05) is 40.2 Å². The number of nitrogens with zero attached hydrogens (tertiary/aromatic N) is 1. The molecule has 0 spiro atoms. The van der Waals surface area contributed by atoms with Gasteiger partial charge in [0.15, 0.2) is 5.13 Å². The van der Waals surface area contributed by atoms with Gasteiger partial charge in [0.25, 0.3) is 0 Å². The zero-order valence-electron chi connectivity index (χ0n) is 11.7. The summed E-state index contributed by atoms with van der Waals surface area (Å²) in [6.07, 6.45) is 0. The predicted molar refractivity (Wildman–Crippen MR) is 102 cm³/mol. The number of carbonyl (C=O) groups excluding carboxylic acids is 1. The third kappa shape index (κ3) is 4.19. The van der Waals surface area contributed by atoms with Gasteiger partial charge < -0.3 is 5.32 Å². The molecule has 2 amide bonds. The van der Waals surface area contributed by atoms with Crippen LogP contribution in [-0.2, 0) is 0 Å². The van der Waals surface area contributed by atoms with Crippen LogP contribution in [-0.4, -0.2) is 11.0 Å². The van der Waals surface area contributed by atoms with Crippen molar-refractivity contribution < 1.29 is 4.79 Å². The van der Waals surface area contributed by atoms with Crippen molar-refractivity contribution in [2.45, 2.75) is 0 Å². The number of anilines is 2. The van der Waals surface area contributed by atoms with Gasteiger partial charge in [-0.15, -0.1) is 11.3 Å². The number of hydrogen-bond acceptors (Lipinski definition) is 3. The highest BCUT2D eigenvalue weighted by Crippen LogP contribution is 2.26. The smallest absolute Gasteiger partial charge is 0.307 e. The number of halogens is 2. The number of benzene rings is 2. The molecule has 0 unspecified atom stereocenters. The first-order valence-corrected chi connectivity index (χ1v) is 9.12. The topological polar surface area (TPSA) is 54.0 Å². The largest absolute Gasteiger partial charge is 0.325 e. The van der Waals surface area contributed by atoms with Gasteiger partial charge in [-0.3, -0.25) is 5.32 Å². The van der Waals surface area contributed by atoms with Gasteiger partial charge in [0.1, 0.15) is 0 Å². The molecule has 0 bridgehead atoms. The van der Waals surface area contributed by atoms with Gasteiger partial charge in [0.2, 0.25) is 0 Å². The molecule has 2 aromatic carbocycles. The number of nitrogens with one attached hydrogen (secondary N) is 2. The molecule has 1 aromatic heterocycles. The van der Waals surface area contributed by atoms with Crippen LogP contribution in [0.4, 0.5) is 15.6 Å². The number of amides is 2. The van der Waals surface area contributed by atoms with E-state index in [2.05, 4.69) is 47.5 Å². The molecule has 23 heavy (non-hydrogen) atoms. The van der Waals surface area contributed by atoms with E-state index in [0.29, 0.717) is 10.8 Å². The molecule has 3 aromatic rings. The number of hydrogen-bond donors (Lipinski definition) is 2. The summed E-state index contributed by atoms with van der Waals surface area (Å²) >= 11 is 8.18. The van der Waals surface area contributed by atoms with Crippen molar-refractivity contribution in [1.82, 2.24) is 4.98 Å². The van der Waals surface area contributed by atoms with Crippen LogP contribution in [0.15, 0.2) is 62.9 Å². The van der Waals surface area contributed by atoms with E-state index in [9.17, 15) is 4.79 Å². The summed E-state index contributed by atoms with van der Waals surface area (Å²) in [5, 5.41) is 7.99. The molecule has 1 heterocycles. The molecule has 116 valence electrons. The van der Waals surface area contributed by atoms with E-state index in [1.54, 1.807) is 0 Å². The Labute approximate surface area is 154 Å². The minimum absolute atomic E-state index is 0.325. The average molecular weight is 453 g/mol. The normalized spacial score (nSPS) is 10.3. The third-order valence-corrected chi connectivity index (χ3v) is 4.96. The highest BCUT2D eigenvalue weighted by molar-refractivity contribution is 9.10. The highest BCUT2D eigenvalue weighted by atomic mass is 79.9. The summed E-state index contributed by atoms with van der Waals surface area (Å²) in [6.45, 7) is 0. The predicted octanol–water partition coefficient (Wildman–Crippen LogP) is 5.98. The lowest BCUT2D eigenvalue weighted by molar-refractivity contribution is 0.262. The van der Waals surface area contributed by atoms with E-state index in [0.717, 1.165) is 20.2 Å². The molecule has 0 radical (unpaired) electrons. The van der Waals surface area contributed by atoms with Crippen LogP contribution in [0.2, 0.25) is 0 Å². The molecule has 0 aliphatic rings. The first-order chi connectivity index (χ1) is 11.1. The molecule has 0 aliphatic carbocycles. The summed E-state index contributed by atoms with van der Waals surface area (Å²) in [5.74, 6) is 0. The van der Waals surface area contributed by atoms with Crippen LogP contribution in [0.25, 0.3) is 11.3 Å². The van der Waals surface area contributed by atoms with Crippen LogP contribution in [0.1, 0.15) is 0 Å². The number of carbonyl (C=O) groups is 1. The minimum atomic E-state index is -0.325. The second kappa shape index (κ2) is 7.25. The maximum Gasteiger partial charge on any atom is 0.325 e. The van der Waals surface area contributed by atoms with E-state index in [4.69, 9.17) is 0 Å². The van der Waals surface area contributed by atoms with E-state index >= 15 is 0 Å². The Hall–Kier alpha value is -1.70. The quantitative estimate of drug-likeness (QED) is 0.513. The van der Waals surface area contributed by atoms with E-state index in [1.165, 1.54) is 11.3 Å². The summed E-state index contributed by atoms with van der Waals surface area (Å²) in [6, 6.07) is 15.0. The van der Waals surface area contributed by atoms with E-state index in [1.807, 2.05) is 53.9 Å². The maximum atomic E-state index is 12.0. The van der Waals surface area contributed by atoms with Crippen molar-refractivity contribution in [2.24, 2.45) is 0 Å². The first kappa shape index (κ1) is 16.2. The zero-order valence-corrected chi connectivity index (χ0v) is 15.7. The lowest BCUT2D eigenvalue weighted by Crippen LogP contribution is -2.19. The number of aromatic nitrogens is 1. The molecule has 0 saturated carbocycles. The summed E-state index contributed by atoms with van der Waals surface area (Å²) in [7, 11) is 0. The Morgan fingerprint density at radius 1 is 1.00 bits per heavy atom. The van der Waals surface area contributed by atoms with Crippen LogP contribution >= 0.6 is 43.2 Å². The summed E-state index contributed by atoms with van der Waals surface area (Å²) in [4.78, 5) is 16.5. The second-order valence-electron chi connectivity index (χ2n) is 4.60. The van der Waals surface area contributed by atoms with Crippen LogP contribution in [0.3, 0.4) is 0 Å². The van der Waals surface area contributed by atoms with Crippen molar-refractivity contribution >= 4 is 60.0 Å². The van der Waals surface area contributed by atoms with Gasteiger partial charge >= 0.3 is 6.03 Å². The molecular weight excluding hydrogens is 442 g/mol. The number of urea groups is 1. The zero-order chi connectivity index (χ0) is 16.2. The Balaban J connectivity index is 1.68. The van der Waals surface area contributed by atoms with Crippen molar-refractivity contribution in [2.75, 3.05) is 10.6 Å². The minimum Gasteiger partial charge on any atom is -0.307 e. The summed E-state index contributed by atoms with van der Waals surface area (Å²) in [5.41, 5.74) is 2.54. The molecule has 0 aliphatic heterocycles. The molecule has 0 fully saturated rings. The average Bonchev–Trinajstić information content (AvgIpc) is 2.98. The molecule has 3 rings (SSSR count). The van der Waals surface area contributed by atoms with Crippen molar-refractivity contribution in [3.63, 3.8) is 0 Å². The lowest BCUT2D eigenvalue weighted by atomic mass is 10.2. The van der Waals surface area contributed by atoms with Gasteiger partial charge in [0, 0.05) is 19.9 Å². The fraction of sp³-hybridized carbons (Fsp3) is 0. The Morgan fingerprint density at radius 3 is 2.48 bits per heavy atom. The van der Waals surface area contributed by atoms with Crippen LogP contribution < -0.4 is 10.6 Å². The highest BCUT2D eigenvalue weighted by Gasteiger charge is 2.09. The van der Waals surface area contributed by atoms with Crippen LogP contribution in [0, 0.1) is 0 Å². The fourth-order valence-electron chi connectivity index (χ4n) is 1.90. The number of thiazole rings is 1. The first-order valence-electron chi connectivity index (χ1n) is 6.66. The Morgan fingerprint density at radius 2 is 1.74 bits per heavy atom. The Bertz CT molecular complexity index is 833. The van der Waals surface area contributed by atoms with Gasteiger partial charge in [0.05, 0.1) is 11.4 Å². The standard InChI is InChI=1S/C16H11Br2N3OS/c17-11-7-5-10(6-8-11)14-9-23-16(20-14)21-15(22)19-13-4-2-1-3-12(13)18/h1-9H,(H2,19,20,21,22). The molecule has 2 N–H and O–H groups in total. The fourth-order valence-corrected chi connectivity index (χ4v) is 3.26. The molecular formula is C16H11Br2N3OS. The number of rotatable bonds is 3. The van der Waals surface area contributed by atoms with E-state index in [-0.39, 0.29) is 6.03 Å². The van der Waals surface area contributed by atoms with Crippen LogP contribution in [0.5, 0.6) is 0 Å². The maximum absolute atomic E-state index is 12.0. The van der Waals surface area contributed by atoms with Gasteiger partial charge in [-0.25, -0.2) is 9.78 Å². The number of para-hydroxylation sites is 1. The van der Waals surface area contributed by atoms with Crippen molar-refractivity contribution in [3.05, 3.63) is 62.9 Å². The molecule has 7 heteroatoms. The third-order valence-electron chi connectivity index (χ3n) is 2.99. The van der Waals surface area contributed by atoms with E-state index < -0.39 is 0 Å². The Kier molecular flexibility index (Phi) is 5.09. The monoisotopic (exact) mass is 451 g/mol. The second-order valence-corrected chi connectivity index (χ2v) is 7.23. The lowest BCUT2D eigenvalue weighted by Gasteiger charge is -2.06. The van der Waals surface area contributed by atoms with Crippen molar-refractivity contribution in [1.29, 1.82) is 0 Å². The summed E-state index contributed by atoms with van der Waals surface area (Å²) < 4.78 is 1.84. The molecule has 4 nitrogen and oxygen atoms in total. The SMILES string of the molecule is O=C(Nc1nc(-c2ccc(Br)cc2)cs1)Nc1ccccc1Br.